The molecular formula is C9H11N5. The highest BCUT2D eigenvalue weighted by atomic mass is 15.1. The molecule has 2 aromatic rings. The van der Waals surface area contributed by atoms with Gasteiger partial charge in [0.1, 0.15) is 11.6 Å². The minimum Gasteiger partial charge on any atom is -0.366 e. The van der Waals surface area contributed by atoms with Gasteiger partial charge in [-0.25, -0.2) is 9.97 Å². The van der Waals surface area contributed by atoms with E-state index >= 15 is 0 Å². The van der Waals surface area contributed by atoms with Crippen LogP contribution in [-0.2, 0) is 6.54 Å². The Labute approximate surface area is 81.6 Å². The van der Waals surface area contributed by atoms with E-state index in [1.54, 1.807) is 12.4 Å². The molecule has 0 spiro atoms. The number of aromatic amines is 1. The van der Waals surface area contributed by atoms with Gasteiger partial charge < -0.3 is 5.32 Å². The van der Waals surface area contributed by atoms with Crippen molar-refractivity contribution in [3.8, 4) is 0 Å². The van der Waals surface area contributed by atoms with Gasteiger partial charge in [-0.3, -0.25) is 5.10 Å². The minimum atomic E-state index is 0.715. The van der Waals surface area contributed by atoms with E-state index in [-0.39, 0.29) is 0 Å². The van der Waals surface area contributed by atoms with E-state index in [1.165, 1.54) is 0 Å². The number of hydrogen-bond donors (Lipinski definition) is 2. The minimum absolute atomic E-state index is 0.715. The van der Waals surface area contributed by atoms with E-state index in [9.17, 15) is 0 Å². The smallest absolute Gasteiger partial charge is 0.129 e. The third kappa shape index (κ3) is 2.07. The lowest BCUT2D eigenvalue weighted by Crippen LogP contribution is -2.01. The Hall–Kier alpha value is -1.91. The molecule has 0 radical (unpaired) electrons. The Morgan fingerprint density at radius 1 is 1.50 bits per heavy atom. The van der Waals surface area contributed by atoms with Crippen LogP contribution in [0.5, 0.6) is 0 Å². The summed E-state index contributed by atoms with van der Waals surface area (Å²) in [5, 5.41) is 9.79. The quantitative estimate of drug-likeness (QED) is 0.759. The van der Waals surface area contributed by atoms with Crippen LogP contribution in [0.15, 0.2) is 24.7 Å². The molecule has 0 unspecified atom stereocenters. The third-order valence-electron chi connectivity index (χ3n) is 1.80. The predicted octanol–water partition coefficient (Wildman–Crippen LogP) is 1.12. The highest BCUT2D eigenvalue weighted by Gasteiger charge is 1.96. The molecule has 0 aliphatic rings. The van der Waals surface area contributed by atoms with Crippen LogP contribution in [0.4, 0.5) is 5.82 Å². The summed E-state index contributed by atoms with van der Waals surface area (Å²) in [4.78, 5) is 8.23. The van der Waals surface area contributed by atoms with Crippen LogP contribution in [0, 0.1) is 6.92 Å². The molecule has 0 amide bonds. The predicted molar refractivity (Wildman–Crippen MR) is 52.7 cm³/mol. The average Bonchev–Trinajstić information content (AvgIpc) is 2.67. The highest BCUT2D eigenvalue weighted by Crippen LogP contribution is 2.03. The SMILES string of the molecule is Cc1nccc(NCc2cn[nH]c2)n1. The summed E-state index contributed by atoms with van der Waals surface area (Å²) < 4.78 is 0. The number of aromatic nitrogens is 4. The summed E-state index contributed by atoms with van der Waals surface area (Å²) in [5.74, 6) is 1.60. The maximum Gasteiger partial charge on any atom is 0.129 e. The zero-order valence-electron chi connectivity index (χ0n) is 7.86. The van der Waals surface area contributed by atoms with Crippen LogP contribution in [-0.4, -0.2) is 20.2 Å². The number of nitrogens with zero attached hydrogens (tertiary/aromatic N) is 3. The molecule has 2 N–H and O–H groups in total. The summed E-state index contributed by atoms with van der Waals surface area (Å²) >= 11 is 0. The monoisotopic (exact) mass is 189 g/mol. The van der Waals surface area contributed by atoms with Crippen molar-refractivity contribution >= 4 is 5.82 Å². The molecule has 0 saturated heterocycles. The summed E-state index contributed by atoms with van der Waals surface area (Å²) in [6.45, 7) is 2.58. The fourth-order valence-corrected chi connectivity index (χ4v) is 1.12. The molecule has 0 bridgehead atoms. The average molecular weight is 189 g/mol. The molecule has 2 aromatic heterocycles. The van der Waals surface area contributed by atoms with E-state index in [2.05, 4.69) is 25.5 Å². The van der Waals surface area contributed by atoms with Crippen molar-refractivity contribution in [3.63, 3.8) is 0 Å². The topological polar surface area (TPSA) is 66.5 Å². The lowest BCUT2D eigenvalue weighted by Gasteiger charge is -2.03. The van der Waals surface area contributed by atoms with Gasteiger partial charge >= 0.3 is 0 Å². The summed E-state index contributed by atoms with van der Waals surface area (Å²) in [7, 11) is 0. The normalized spacial score (nSPS) is 10.1. The van der Waals surface area contributed by atoms with E-state index in [4.69, 9.17) is 0 Å². The van der Waals surface area contributed by atoms with Gasteiger partial charge in [0.05, 0.1) is 6.20 Å². The van der Waals surface area contributed by atoms with Crippen molar-refractivity contribution < 1.29 is 0 Å². The van der Waals surface area contributed by atoms with Gasteiger partial charge in [0.2, 0.25) is 0 Å². The van der Waals surface area contributed by atoms with Gasteiger partial charge in [0, 0.05) is 24.5 Å². The lowest BCUT2D eigenvalue weighted by atomic mass is 10.3. The Morgan fingerprint density at radius 2 is 2.43 bits per heavy atom. The Kier molecular flexibility index (Phi) is 2.40. The zero-order chi connectivity index (χ0) is 9.80. The maximum absolute atomic E-state index is 4.22. The molecule has 2 rings (SSSR count). The Balaban J connectivity index is 1.98. The van der Waals surface area contributed by atoms with Crippen molar-refractivity contribution in [1.82, 2.24) is 20.2 Å². The van der Waals surface area contributed by atoms with E-state index in [0.717, 1.165) is 17.2 Å². The van der Waals surface area contributed by atoms with Crippen LogP contribution in [0.1, 0.15) is 11.4 Å². The number of anilines is 1. The van der Waals surface area contributed by atoms with Crippen molar-refractivity contribution in [3.05, 3.63) is 36.0 Å². The third-order valence-corrected chi connectivity index (χ3v) is 1.80. The first kappa shape index (κ1) is 8.68. The molecule has 0 fully saturated rings. The van der Waals surface area contributed by atoms with Crippen molar-refractivity contribution in [1.29, 1.82) is 0 Å². The molecule has 0 aliphatic heterocycles. The molecule has 5 nitrogen and oxygen atoms in total. The van der Waals surface area contributed by atoms with Gasteiger partial charge in [0.25, 0.3) is 0 Å². The van der Waals surface area contributed by atoms with Crippen LogP contribution in [0.3, 0.4) is 0 Å². The molecule has 2 heterocycles. The standard InChI is InChI=1S/C9H11N5/c1-7-10-3-2-9(14-7)11-4-8-5-12-13-6-8/h2-3,5-6H,4H2,1H3,(H,12,13)(H,10,11,14). The number of hydrogen-bond acceptors (Lipinski definition) is 4. The van der Waals surface area contributed by atoms with Crippen LogP contribution < -0.4 is 5.32 Å². The van der Waals surface area contributed by atoms with Crippen LogP contribution in [0.2, 0.25) is 0 Å². The number of aryl methyl sites for hydroxylation is 1. The van der Waals surface area contributed by atoms with E-state index in [0.29, 0.717) is 6.54 Å². The van der Waals surface area contributed by atoms with E-state index in [1.807, 2.05) is 19.2 Å². The molecule has 0 aromatic carbocycles. The zero-order valence-corrected chi connectivity index (χ0v) is 7.86. The van der Waals surface area contributed by atoms with Crippen molar-refractivity contribution in [2.45, 2.75) is 13.5 Å². The molecule has 14 heavy (non-hydrogen) atoms. The first-order valence-corrected chi connectivity index (χ1v) is 4.36. The summed E-state index contributed by atoms with van der Waals surface area (Å²) in [6, 6.07) is 1.84. The second kappa shape index (κ2) is 3.87. The van der Waals surface area contributed by atoms with E-state index < -0.39 is 0 Å². The van der Waals surface area contributed by atoms with Gasteiger partial charge in [-0.2, -0.15) is 5.10 Å². The molecule has 0 saturated carbocycles. The second-order valence-electron chi connectivity index (χ2n) is 2.95. The molecule has 0 aliphatic carbocycles. The second-order valence-corrected chi connectivity index (χ2v) is 2.95. The summed E-state index contributed by atoms with van der Waals surface area (Å²) in [5.41, 5.74) is 1.10. The molecule has 0 atom stereocenters. The number of rotatable bonds is 3. The van der Waals surface area contributed by atoms with Gasteiger partial charge in [-0.15, -0.1) is 0 Å². The fourth-order valence-electron chi connectivity index (χ4n) is 1.12. The van der Waals surface area contributed by atoms with Crippen molar-refractivity contribution in [2.75, 3.05) is 5.32 Å². The van der Waals surface area contributed by atoms with Gasteiger partial charge in [0.15, 0.2) is 0 Å². The van der Waals surface area contributed by atoms with Gasteiger partial charge in [-0.1, -0.05) is 0 Å². The van der Waals surface area contributed by atoms with Crippen LogP contribution >= 0.6 is 0 Å². The first-order valence-electron chi connectivity index (χ1n) is 4.36. The molecule has 5 heteroatoms. The highest BCUT2D eigenvalue weighted by molar-refractivity contribution is 5.33. The van der Waals surface area contributed by atoms with Crippen molar-refractivity contribution in [2.24, 2.45) is 0 Å². The fraction of sp³-hybridized carbons (Fsp3) is 0.222. The number of nitrogens with one attached hydrogen (secondary N) is 2. The Morgan fingerprint density at radius 3 is 3.14 bits per heavy atom. The largest absolute Gasteiger partial charge is 0.366 e. The molecular weight excluding hydrogens is 178 g/mol. The van der Waals surface area contributed by atoms with Gasteiger partial charge in [-0.05, 0) is 13.0 Å². The number of H-pyrrole nitrogens is 1. The first-order chi connectivity index (χ1) is 6.84. The molecule has 72 valence electrons. The Bertz CT molecular complexity index is 395. The maximum atomic E-state index is 4.22. The lowest BCUT2D eigenvalue weighted by molar-refractivity contribution is 1.02. The summed E-state index contributed by atoms with van der Waals surface area (Å²) in [6.07, 6.45) is 5.36. The van der Waals surface area contributed by atoms with Crippen LogP contribution in [0.25, 0.3) is 0 Å².